The molecule has 2 aliphatic heterocycles. The molecule has 0 saturated carbocycles. The first-order valence-corrected chi connectivity index (χ1v) is 14.0. The molecule has 3 heterocycles. The number of carbonyl (C=O) groups is 2. The number of para-hydroxylation sites is 1. The Morgan fingerprint density at radius 3 is 2.30 bits per heavy atom. The van der Waals surface area contributed by atoms with Gasteiger partial charge in [0.05, 0.1) is 5.69 Å². The molecule has 2 N–H and O–H groups in total. The Kier molecular flexibility index (Phi) is 9.58. The first kappa shape index (κ1) is 31.7. The SMILES string of the molecule is C=CC(=O)N1CCN(c2nc(N3CC(N(CC)CC)C3)nc(C=O)c2/C=C(\N(C)c2c(N)cccc2F)C(F)(F)F)CC1. The Morgan fingerprint density at radius 1 is 1.12 bits per heavy atom. The number of likely N-dealkylation sites (N-methyl/N-ethyl adjacent to an activating group) is 1. The molecular weight excluding hydrogens is 568 g/mol. The third-order valence-corrected chi connectivity index (χ3v) is 7.88. The van der Waals surface area contributed by atoms with Crippen LogP contribution in [0.4, 0.5) is 40.7 Å². The van der Waals surface area contributed by atoms with Gasteiger partial charge >= 0.3 is 6.18 Å². The van der Waals surface area contributed by atoms with Crippen molar-refractivity contribution >= 4 is 41.4 Å². The predicted molar refractivity (Wildman–Crippen MR) is 159 cm³/mol. The first-order valence-electron chi connectivity index (χ1n) is 14.0. The van der Waals surface area contributed by atoms with Gasteiger partial charge in [-0.15, -0.1) is 0 Å². The second-order valence-electron chi connectivity index (χ2n) is 10.3. The number of nitrogens with two attached hydrogens (primary N) is 1. The molecule has 2 fully saturated rings. The van der Waals surface area contributed by atoms with Crippen molar-refractivity contribution in [2.24, 2.45) is 0 Å². The zero-order chi connectivity index (χ0) is 31.5. The Morgan fingerprint density at radius 2 is 1.77 bits per heavy atom. The predicted octanol–water partition coefficient (Wildman–Crippen LogP) is 3.42. The Labute approximate surface area is 248 Å². The molecule has 2 aliphatic rings. The fraction of sp³-hybridized carbons (Fsp3) is 0.448. The molecule has 0 aliphatic carbocycles. The number of hydrogen-bond acceptors (Lipinski definition) is 9. The molecule has 0 atom stereocenters. The average molecular weight is 605 g/mol. The van der Waals surface area contributed by atoms with Crippen molar-refractivity contribution in [3.8, 4) is 0 Å². The minimum atomic E-state index is -4.97. The molecule has 10 nitrogen and oxygen atoms in total. The number of alkyl halides is 3. The minimum Gasteiger partial charge on any atom is -0.397 e. The van der Waals surface area contributed by atoms with E-state index in [4.69, 9.17) is 5.73 Å². The normalized spacial score (nSPS) is 16.4. The molecule has 2 aromatic rings. The van der Waals surface area contributed by atoms with Gasteiger partial charge in [-0.05, 0) is 37.4 Å². The quantitative estimate of drug-likeness (QED) is 0.189. The van der Waals surface area contributed by atoms with E-state index in [1.54, 1.807) is 9.80 Å². The average Bonchev–Trinajstić information content (AvgIpc) is 2.96. The number of piperazine rings is 1. The van der Waals surface area contributed by atoms with Gasteiger partial charge in [-0.2, -0.15) is 18.2 Å². The highest BCUT2D eigenvalue weighted by Crippen LogP contribution is 2.38. The maximum atomic E-state index is 14.7. The molecule has 0 unspecified atom stereocenters. The van der Waals surface area contributed by atoms with E-state index >= 15 is 0 Å². The summed E-state index contributed by atoms with van der Waals surface area (Å²) in [6.07, 6.45) is -2.62. The molecule has 0 spiro atoms. The van der Waals surface area contributed by atoms with Crippen molar-refractivity contribution in [3.05, 3.63) is 53.6 Å². The van der Waals surface area contributed by atoms with Gasteiger partial charge in [-0.1, -0.05) is 26.5 Å². The molecule has 232 valence electrons. The van der Waals surface area contributed by atoms with Crippen molar-refractivity contribution in [3.63, 3.8) is 0 Å². The summed E-state index contributed by atoms with van der Waals surface area (Å²) in [7, 11) is 1.05. The summed E-state index contributed by atoms with van der Waals surface area (Å²) >= 11 is 0. The number of amides is 1. The van der Waals surface area contributed by atoms with Gasteiger partial charge in [0, 0.05) is 57.9 Å². The van der Waals surface area contributed by atoms with Crippen molar-refractivity contribution in [1.82, 2.24) is 19.8 Å². The smallest absolute Gasteiger partial charge is 0.397 e. The highest BCUT2D eigenvalue weighted by molar-refractivity contribution is 5.88. The van der Waals surface area contributed by atoms with E-state index in [1.165, 1.54) is 18.2 Å². The highest BCUT2D eigenvalue weighted by Gasteiger charge is 2.40. The fourth-order valence-electron chi connectivity index (χ4n) is 5.44. The summed E-state index contributed by atoms with van der Waals surface area (Å²) in [6, 6.07) is 3.86. The van der Waals surface area contributed by atoms with Gasteiger partial charge < -0.3 is 25.3 Å². The van der Waals surface area contributed by atoms with Crippen LogP contribution >= 0.6 is 0 Å². The van der Waals surface area contributed by atoms with E-state index in [0.29, 0.717) is 24.3 Å². The lowest BCUT2D eigenvalue weighted by Gasteiger charge is -2.45. The number of aldehydes is 1. The minimum absolute atomic E-state index is 0.112. The van der Waals surface area contributed by atoms with E-state index in [1.807, 2.05) is 4.90 Å². The largest absolute Gasteiger partial charge is 0.431 e. The van der Waals surface area contributed by atoms with Crippen LogP contribution < -0.4 is 20.4 Å². The maximum absolute atomic E-state index is 14.7. The molecule has 1 amide bonds. The van der Waals surface area contributed by atoms with E-state index in [0.717, 1.165) is 32.3 Å². The number of aromatic nitrogens is 2. The van der Waals surface area contributed by atoms with Gasteiger partial charge in [-0.25, -0.2) is 9.37 Å². The van der Waals surface area contributed by atoms with Crippen LogP contribution in [0.2, 0.25) is 0 Å². The molecule has 2 saturated heterocycles. The molecule has 0 radical (unpaired) electrons. The van der Waals surface area contributed by atoms with Crippen LogP contribution in [0.5, 0.6) is 0 Å². The van der Waals surface area contributed by atoms with Crippen molar-refractivity contribution in [2.75, 3.05) is 79.8 Å². The Balaban J connectivity index is 1.82. The van der Waals surface area contributed by atoms with Crippen molar-refractivity contribution < 1.29 is 27.2 Å². The lowest BCUT2D eigenvalue weighted by atomic mass is 10.1. The second kappa shape index (κ2) is 13.0. The molecule has 4 rings (SSSR count). The van der Waals surface area contributed by atoms with E-state index < -0.39 is 23.4 Å². The summed E-state index contributed by atoms with van der Waals surface area (Å²) in [5, 5.41) is 0. The number of hydrogen-bond donors (Lipinski definition) is 1. The number of carbonyl (C=O) groups excluding carboxylic acids is 2. The van der Waals surface area contributed by atoms with Gasteiger partial charge in [0.15, 0.2) is 6.29 Å². The first-order chi connectivity index (χ1) is 20.4. The molecule has 1 aromatic carbocycles. The number of nitrogens with zero attached hydrogens (tertiary/aromatic N) is 7. The summed E-state index contributed by atoms with van der Waals surface area (Å²) in [6.45, 7) is 11.6. The highest BCUT2D eigenvalue weighted by atomic mass is 19.4. The summed E-state index contributed by atoms with van der Waals surface area (Å²) in [4.78, 5) is 41.6. The lowest BCUT2D eigenvalue weighted by Crippen LogP contribution is -2.60. The van der Waals surface area contributed by atoms with E-state index in [-0.39, 0.29) is 66.8 Å². The van der Waals surface area contributed by atoms with Crippen LogP contribution in [0, 0.1) is 5.82 Å². The van der Waals surface area contributed by atoms with Gasteiger partial charge in [0.2, 0.25) is 11.9 Å². The van der Waals surface area contributed by atoms with Crippen LogP contribution in [-0.2, 0) is 4.79 Å². The second-order valence-corrected chi connectivity index (χ2v) is 10.3. The number of rotatable bonds is 10. The van der Waals surface area contributed by atoms with Crippen molar-refractivity contribution in [1.29, 1.82) is 0 Å². The third kappa shape index (κ3) is 6.58. The lowest BCUT2D eigenvalue weighted by molar-refractivity contribution is -0.126. The van der Waals surface area contributed by atoms with Gasteiger partial charge in [0.1, 0.15) is 28.7 Å². The van der Waals surface area contributed by atoms with Crippen molar-refractivity contribution in [2.45, 2.75) is 26.1 Å². The summed E-state index contributed by atoms with van der Waals surface area (Å²) in [5.74, 6) is -0.866. The molecule has 43 heavy (non-hydrogen) atoms. The zero-order valence-electron chi connectivity index (χ0n) is 24.4. The summed E-state index contributed by atoms with van der Waals surface area (Å²) < 4.78 is 58.4. The van der Waals surface area contributed by atoms with Gasteiger partial charge in [-0.3, -0.25) is 14.5 Å². The molecule has 0 bridgehead atoms. The monoisotopic (exact) mass is 604 g/mol. The molecular formula is C29H36F4N8O2. The van der Waals surface area contributed by atoms with Crippen LogP contribution in [0.1, 0.15) is 29.9 Å². The number of anilines is 4. The molecule has 14 heteroatoms. The zero-order valence-corrected chi connectivity index (χ0v) is 24.4. The standard InChI is InChI=1S/C29H36F4N8O2/c1-5-25(43)39-11-13-40(14-12-39)27-20(15-24(29(31,32)33)37(4)26-21(30)9-8-10-22(26)34)23(18-42)35-28(36-27)41-16-19(17-41)38(6-2)7-3/h5,8-10,15,18-19H,1,6-7,11-14,16-17,34H2,2-4H3/b24-15-. The number of benzene rings is 1. The van der Waals surface area contributed by atoms with Gasteiger partial charge in [0.25, 0.3) is 0 Å². The van der Waals surface area contributed by atoms with Crippen LogP contribution in [-0.4, -0.2) is 104 Å². The summed E-state index contributed by atoms with van der Waals surface area (Å²) in [5.41, 5.74) is 3.53. The number of halogens is 4. The van der Waals surface area contributed by atoms with Crippen LogP contribution in [0.25, 0.3) is 6.08 Å². The Bertz CT molecular complexity index is 1360. The van der Waals surface area contributed by atoms with Crippen LogP contribution in [0.3, 0.4) is 0 Å². The maximum Gasteiger partial charge on any atom is 0.431 e. The van der Waals surface area contributed by atoms with Crippen LogP contribution in [0.15, 0.2) is 36.6 Å². The Hall–Kier alpha value is -4.20. The number of nitrogen functional groups attached to an aromatic ring is 1. The molecule has 1 aromatic heterocycles. The fourth-order valence-corrected chi connectivity index (χ4v) is 5.44. The number of allylic oxidation sites excluding steroid dienone is 1. The topological polar surface area (TPSA) is 102 Å². The van der Waals surface area contributed by atoms with E-state index in [2.05, 4.69) is 35.3 Å². The third-order valence-electron chi connectivity index (χ3n) is 7.88. The van der Waals surface area contributed by atoms with E-state index in [9.17, 15) is 27.2 Å².